The molecule has 4 heteroatoms. The zero-order chi connectivity index (χ0) is 14.0. The zero-order valence-electron chi connectivity index (χ0n) is 11.8. The lowest BCUT2D eigenvalue weighted by Gasteiger charge is -2.38. The standard InChI is InChI=1S/C15H21N3O/c1-4-14(11-6-12(19)7-11)18-15-5-9(2)13(8-16)10(3)17-15/h5,11-12,14,19H,4,6-7H2,1-3H3,(H,17,18)/t11?,12?,14-/m0/s1. The molecule has 0 spiro atoms. The van der Waals surface area contributed by atoms with E-state index in [-0.39, 0.29) is 6.10 Å². The summed E-state index contributed by atoms with van der Waals surface area (Å²) >= 11 is 0. The molecule has 1 saturated carbocycles. The highest BCUT2D eigenvalue weighted by Gasteiger charge is 2.33. The van der Waals surface area contributed by atoms with Crippen LogP contribution in [0.1, 0.15) is 43.0 Å². The number of nitriles is 1. The molecule has 1 aromatic heterocycles. The first-order valence-electron chi connectivity index (χ1n) is 6.88. The lowest BCUT2D eigenvalue weighted by Crippen LogP contribution is -2.40. The Labute approximate surface area is 114 Å². The minimum Gasteiger partial charge on any atom is -0.393 e. The second-order valence-electron chi connectivity index (χ2n) is 5.44. The molecular formula is C15H21N3O. The quantitative estimate of drug-likeness (QED) is 0.871. The number of rotatable bonds is 4. The molecule has 1 aliphatic rings. The summed E-state index contributed by atoms with van der Waals surface area (Å²) in [5.74, 6) is 1.36. The van der Waals surface area contributed by atoms with Crippen molar-refractivity contribution < 1.29 is 5.11 Å². The Morgan fingerprint density at radius 2 is 2.21 bits per heavy atom. The van der Waals surface area contributed by atoms with Crippen molar-refractivity contribution in [1.82, 2.24) is 4.98 Å². The summed E-state index contributed by atoms with van der Waals surface area (Å²) in [5.41, 5.74) is 2.40. The van der Waals surface area contributed by atoms with Crippen molar-refractivity contribution in [3.8, 4) is 6.07 Å². The van der Waals surface area contributed by atoms with Gasteiger partial charge in [0.2, 0.25) is 0 Å². The summed E-state index contributed by atoms with van der Waals surface area (Å²) in [5, 5.41) is 21.9. The van der Waals surface area contributed by atoms with Crippen LogP contribution >= 0.6 is 0 Å². The third-order valence-electron chi connectivity index (χ3n) is 4.00. The molecule has 1 atom stereocenters. The van der Waals surface area contributed by atoms with Crippen LogP contribution < -0.4 is 5.32 Å². The summed E-state index contributed by atoms with van der Waals surface area (Å²) in [6, 6.07) is 4.47. The predicted octanol–water partition coefficient (Wildman–Crippen LogP) is 2.53. The number of hydrogen-bond acceptors (Lipinski definition) is 4. The van der Waals surface area contributed by atoms with Crippen molar-refractivity contribution in [2.75, 3.05) is 5.32 Å². The maximum atomic E-state index is 9.41. The molecule has 19 heavy (non-hydrogen) atoms. The third-order valence-corrected chi connectivity index (χ3v) is 4.00. The Hall–Kier alpha value is -1.60. The molecule has 2 N–H and O–H groups in total. The number of nitrogens with one attached hydrogen (secondary N) is 1. The van der Waals surface area contributed by atoms with Gasteiger partial charge in [-0.15, -0.1) is 0 Å². The van der Waals surface area contributed by atoms with Crippen molar-refractivity contribution in [3.05, 3.63) is 22.9 Å². The van der Waals surface area contributed by atoms with Gasteiger partial charge in [0, 0.05) is 6.04 Å². The number of pyridine rings is 1. The molecule has 2 rings (SSSR count). The molecule has 0 saturated heterocycles. The van der Waals surface area contributed by atoms with Gasteiger partial charge in [-0.3, -0.25) is 0 Å². The number of aliphatic hydroxyl groups is 1. The monoisotopic (exact) mass is 259 g/mol. The van der Waals surface area contributed by atoms with Crippen LogP contribution in [-0.4, -0.2) is 22.2 Å². The van der Waals surface area contributed by atoms with Crippen LogP contribution in [0.2, 0.25) is 0 Å². The molecular weight excluding hydrogens is 238 g/mol. The van der Waals surface area contributed by atoms with Gasteiger partial charge < -0.3 is 10.4 Å². The molecule has 0 radical (unpaired) electrons. The van der Waals surface area contributed by atoms with E-state index in [0.29, 0.717) is 17.5 Å². The van der Waals surface area contributed by atoms with Crippen molar-refractivity contribution >= 4 is 5.82 Å². The number of nitrogens with zero attached hydrogens (tertiary/aromatic N) is 2. The maximum absolute atomic E-state index is 9.41. The molecule has 0 bridgehead atoms. The van der Waals surface area contributed by atoms with Gasteiger partial charge in [0.1, 0.15) is 11.9 Å². The first kappa shape index (κ1) is 13.8. The van der Waals surface area contributed by atoms with Gasteiger partial charge >= 0.3 is 0 Å². The van der Waals surface area contributed by atoms with Gasteiger partial charge in [-0.25, -0.2) is 4.98 Å². The lowest BCUT2D eigenvalue weighted by molar-refractivity contribution is 0.0336. The zero-order valence-corrected chi connectivity index (χ0v) is 11.8. The fourth-order valence-electron chi connectivity index (χ4n) is 2.78. The number of aryl methyl sites for hydroxylation is 2. The van der Waals surface area contributed by atoms with Gasteiger partial charge in [0.05, 0.1) is 17.4 Å². The Kier molecular flexibility index (Phi) is 4.06. The van der Waals surface area contributed by atoms with Gasteiger partial charge in [-0.05, 0) is 50.7 Å². The molecule has 1 aliphatic carbocycles. The van der Waals surface area contributed by atoms with Gasteiger partial charge in [0.25, 0.3) is 0 Å². The fraction of sp³-hybridized carbons (Fsp3) is 0.600. The molecule has 0 amide bonds. The second kappa shape index (κ2) is 5.58. The van der Waals surface area contributed by atoms with Crippen LogP contribution in [0.3, 0.4) is 0 Å². The Balaban J connectivity index is 2.12. The highest BCUT2D eigenvalue weighted by atomic mass is 16.3. The van der Waals surface area contributed by atoms with Crippen molar-refractivity contribution in [2.24, 2.45) is 5.92 Å². The topological polar surface area (TPSA) is 68.9 Å². The van der Waals surface area contributed by atoms with E-state index in [1.807, 2.05) is 19.9 Å². The largest absolute Gasteiger partial charge is 0.393 e. The average Bonchev–Trinajstić information content (AvgIpc) is 2.32. The smallest absolute Gasteiger partial charge is 0.126 e. The van der Waals surface area contributed by atoms with Crippen LogP contribution in [0.5, 0.6) is 0 Å². The summed E-state index contributed by atoms with van der Waals surface area (Å²) in [6.07, 6.45) is 2.63. The summed E-state index contributed by atoms with van der Waals surface area (Å²) in [4.78, 5) is 4.46. The summed E-state index contributed by atoms with van der Waals surface area (Å²) < 4.78 is 0. The predicted molar refractivity (Wildman–Crippen MR) is 74.9 cm³/mol. The van der Waals surface area contributed by atoms with Crippen molar-refractivity contribution in [1.29, 1.82) is 5.26 Å². The molecule has 1 heterocycles. The van der Waals surface area contributed by atoms with Gasteiger partial charge in [0.15, 0.2) is 0 Å². The third kappa shape index (κ3) is 2.87. The second-order valence-corrected chi connectivity index (χ2v) is 5.44. The number of anilines is 1. The summed E-state index contributed by atoms with van der Waals surface area (Å²) in [6.45, 7) is 5.95. The van der Waals surface area contributed by atoms with Crippen LogP contribution in [0.4, 0.5) is 5.82 Å². The van der Waals surface area contributed by atoms with E-state index in [1.54, 1.807) is 0 Å². The van der Waals surface area contributed by atoms with E-state index in [4.69, 9.17) is 5.26 Å². The molecule has 0 aromatic carbocycles. The van der Waals surface area contributed by atoms with E-state index in [1.165, 1.54) is 0 Å². The molecule has 0 aliphatic heterocycles. The lowest BCUT2D eigenvalue weighted by atomic mass is 9.76. The molecule has 4 nitrogen and oxygen atoms in total. The first-order chi connectivity index (χ1) is 9.05. The maximum Gasteiger partial charge on any atom is 0.126 e. The van der Waals surface area contributed by atoms with Crippen LogP contribution in [-0.2, 0) is 0 Å². The molecule has 0 unspecified atom stereocenters. The normalized spacial score (nSPS) is 23.3. The summed E-state index contributed by atoms with van der Waals surface area (Å²) in [7, 11) is 0. The average molecular weight is 259 g/mol. The number of hydrogen-bond donors (Lipinski definition) is 2. The number of aromatic nitrogens is 1. The van der Waals surface area contributed by atoms with E-state index < -0.39 is 0 Å². The number of aliphatic hydroxyl groups excluding tert-OH is 1. The van der Waals surface area contributed by atoms with E-state index in [2.05, 4.69) is 23.3 Å². The molecule has 1 aromatic rings. The molecule has 1 fully saturated rings. The van der Waals surface area contributed by atoms with Crippen LogP contribution in [0.15, 0.2) is 6.07 Å². The highest BCUT2D eigenvalue weighted by Crippen LogP contribution is 2.33. The Morgan fingerprint density at radius 1 is 1.53 bits per heavy atom. The van der Waals surface area contributed by atoms with Crippen molar-refractivity contribution in [3.63, 3.8) is 0 Å². The van der Waals surface area contributed by atoms with Crippen LogP contribution in [0.25, 0.3) is 0 Å². The minimum absolute atomic E-state index is 0.127. The minimum atomic E-state index is -0.127. The van der Waals surface area contributed by atoms with E-state index >= 15 is 0 Å². The molecule has 102 valence electrons. The highest BCUT2D eigenvalue weighted by molar-refractivity contribution is 5.49. The first-order valence-corrected chi connectivity index (χ1v) is 6.88. The SMILES string of the molecule is CC[C@H](Nc1cc(C)c(C#N)c(C)n1)C1CC(O)C1. The Morgan fingerprint density at radius 3 is 2.68 bits per heavy atom. The van der Waals surface area contributed by atoms with Gasteiger partial charge in [-0.2, -0.15) is 5.26 Å². The van der Waals surface area contributed by atoms with Crippen molar-refractivity contribution in [2.45, 2.75) is 52.2 Å². The van der Waals surface area contributed by atoms with E-state index in [9.17, 15) is 5.11 Å². The Bertz CT molecular complexity index is 478. The van der Waals surface area contributed by atoms with Crippen LogP contribution in [0, 0.1) is 31.1 Å². The van der Waals surface area contributed by atoms with E-state index in [0.717, 1.165) is 36.3 Å². The van der Waals surface area contributed by atoms with Gasteiger partial charge in [-0.1, -0.05) is 6.92 Å². The fourth-order valence-corrected chi connectivity index (χ4v) is 2.78.